The van der Waals surface area contributed by atoms with E-state index in [1.807, 2.05) is 42.5 Å². The smallest absolute Gasteiger partial charge is 0.321 e. The Morgan fingerprint density at radius 2 is 1.64 bits per heavy atom. The van der Waals surface area contributed by atoms with Gasteiger partial charge in [0.15, 0.2) is 0 Å². The third kappa shape index (κ3) is 5.31. The van der Waals surface area contributed by atoms with Gasteiger partial charge in [-0.05, 0) is 23.6 Å². The standard InChI is InChI=1S/C20H26N2O3/c1-20(14-23,15-24)13-22(2)19(25)21-18-11-7-6-10-17(18)12-16-8-4-3-5-9-16/h3-11,23-24H,12-15H2,1-2H3,(H,21,25). The number of nitrogens with zero attached hydrogens (tertiary/aromatic N) is 1. The zero-order valence-electron chi connectivity index (χ0n) is 14.8. The van der Waals surface area contributed by atoms with Crippen molar-refractivity contribution in [3.63, 3.8) is 0 Å². The Kier molecular flexibility index (Phi) is 6.56. The van der Waals surface area contributed by atoms with E-state index < -0.39 is 5.41 Å². The molecule has 0 bridgehead atoms. The molecule has 0 spiro atoms. The van der Waals surface area contributed by atoms with Crippen LogP contribution in [0.15, 0.2) is 54.6 Å². The van der Waals surface area contributed by atoms with Gasteiger partial charge in [0.05, 0.1) is 13.2 Å². The molecule has 5 heteroatoms. The first-order valence-electron chi connectivity index (χ1n) is 8.33. The van der Waals surface area contributed by atoms with Crippen LogP contribution in [-0.2, 0) is 6.42 Å². The van der Waals surface area contributed by atoms with Gasteiger partial charge in [0.25, 0.3) is 0 Å². The lowest BCUT2D eigenvalue weighted by molar-refractivity contribution is 0.0509. The summed E-state index contributed by atoms with van der Waals surface area (Å²) in [5.41, 5.74) is 2.24. The van der Waals surface area contributed by atoms with Gasteiger partial charge in [-0.2, -0.15) is 0 Å². The third-order valence-electron chi connectivity index (χ3n) is 4.23. The average Bonchev–Trinajstić information content (AvgIpc) is 2.64. The van der Waals surface area contributed by atoms with Gasteiger partial charge in [-0.15, -0.1) is 0 Å². The fraction of sp³-hybridized carbons (Fsp3) is 0.350. The Morgan fingerprint density at radius 3 is 2.28 bits per heavy atom. The molecule has 134 valence electrons. The molecular formula is C20H26N2O3. The van der Waals surface area contributed by atoms with Gasteiger partial charge in [-0.25, -0.2) is 4.79 Å². The molecule has 2 aromatic rings. The normalized spacial score (nSPS) is 11.2. The second kappa shape index (κ2) is 8.65. The van der Waals surface area contributed by atoms with Gasteiger partial charge >= 0.3 is 6.03 Å². The fourth-order valence-electron chi connectivity index (χ4n) is 2.62. The topological polar surface area (TPSA) is 72.8 Å². The van der Waals surface area contributed by atoms with E-state index in [0.717, 1.165) is 17.7 Å². The molecule has 0 aliphatic carbocycles. The Labute approximate surface area is 148 Å². The molecule has 2 aromatic carbocycles. The minimum absolute atomic E-state index is 0.189. The molecule has 0 aliphatic heterocycles. The molecule has 0 saturated heterocycles. The number of amides is 2. The molecule has 0 fully saturated rings. The average molecular weight is 342 g/mol. The summed E-state index contributed by atoms with van der Waals surface area (Å²) in [7, 11) is 1.65. The maximum Gasteiger partial charge on any atom is 0.321 e. The van der Waals surface area contributed by atoms with Crippen LogP contribution in [0.3, 0.4) is 0 Å². The van der Waals surface area contributed by atoms with Crippen molar-refractivity contribution < 1.29 is 15.0 Å². The monoisotopic (exact) mass is 342 g/mol. The lowest BCUT2D eigenvalue weighted by atomic mass is 9.92. The molecule has 5 nitrogen and oxygen atoms in total. The summed E-state index contributed by atoms with van der Waals surface area (Å²) in [5.74, 6) is 0. The van der Waals surface area contributed by atoms with E-state index in [4.69, 9.17) is 0 Å². The second-order valence-corrected chi connectivity index (χ2v) is 6.73. The number of para-hydroxylation sites is 1. The number of nitrogens with one attached hydrogen (secondary N) is 1. The van der Waals surface area contributed by atoms with E-state index in [2.05, 4.69) is 17.4 Å². The summed E-state index contributed by atoms with van der Waals surface area (Å²) in [6.45, 7) is 1.62. The second-order valence-electron chi connectivity index (χ2n) is 6.73. The lowest BCUT2D eigenvalue weighted by Crippen LogP contribution is -2.43. The first-order chi connectivity index (χ1) is 12.0. The molecule has 3 N–H and O–H groups in total. The number of anilines is 1. The Morgan fingerprint density at radius 1 is 1.04 bits per heavy atom. The molecule has 25 heavy (non-hydrogen) atoms. The number of hydrogen-bond donors (Lipinski definition) is 3. The number of rotatable bonds is 7. The van der Waals surface area contributed by atoms with E-state index in [1.165, 1.54) is 10.5 Å². The van der Waals surface area contributed by atoms with Crippen LogP contribution >= 0.6 is 0 Å². The van der Waals surface area contributed by atoms with Gasteiger partial charge in [-0.3, -0.25) is 0 Å². The molecule has 0 unspecified atom stereocenters. The van der Waals surface area contributed by atoms with Crippen molar-refractivity contribution in [2.75, 3.05) is 32.1 Å². The predicted octanol–water partition coefficient (Wildman–Crippen LogP) is 2.73. The summed E-state index contributed by atoms with van der Waals surface area (Å²) in [6, 6.07) is 17.5. The largest absolute Gasteiger partial charge is 0.396 e. The Hall–Kier alpha value is -2.37. The van der Waals surface area contributed by atoms with Crippen LogP contribution in [0.1, 0.15) is 18.1 Å². The molecular weight excluding hydrogens is 316 g/mol. The molecule has 0 aliphatic rings. The zero-order valence-corrected chi connectivity index (χ0v) is 14.8. The van der Waals surface area contributed by atoms with Gasteiger partial charge in [0.2, 0.25) is 0 Å². The van der Waals surface area contributed by atoms with E-state index >= 15 is 0 Å². The van der Waals surface area contributed by atoms with Crippen LogP contribution in [0, 0.1) is 5.41 Å². The fourth-order valence-corrected chi connectivity index (χ4v) is 2.62. The first-order valence-corrected chi connectivity index (χ1v) is 8.33. The SMILES string of the molecule is CN(CC(C)(CO)CO)C(=O)Nc1ccccc1Cc1ccccc1. The highest BCUT2D eigenvalue weighted by Crippen LogP contribution is 2.21. The first kappa shape index (κ1) is 19.0. The van der Waals surface area contributed by atoms with E-state index in [1.54, 1.807) is 14.0 Å². The van der Waals surface area contributed by atoms with Crippen molar-refractivity contribution in [3.8, 4) is 0 Å². The highest BCUT2D eigenvalue weighted by molar-refractivity contribution is 5.90. The van der Waals surface area contributed by atoms with Crippen LogP contribution in [0.5, 0.6) is 0 Å². The molecule has 0 saturated carbocycles. The van der Waals surface area contributed by atoms with Gasteiger partial charge in [0, 0.05) is 24.7 Å². The number of benzene rings is 2. The third-order valence-corrected chi connectivity index (χ3v) is 4.23. The number of carbonyl (C=O) groups is 1. The number of aliphatic hydroxyl groups excluding tert-OH is 2. The minimum Gasteiger partial charge on any atom is -0.396 e. The highest BCUT2D eigenvalue weighted by Gasteiger charge is 2.26. The number of aliphatic hydroxyl groups is 2. The van der Waals surface area contributed by atoms with Crippen molar-refractivity contribution in [3.05, 3.63) is 65.7 Å². The molecule has 0 heterocycles. The summed E-state index contributed by atoms with van der Waals surface area (Å²) >= 11 is 0. The van der Waals surface area contributed by atoms with Crippen LogP contribution < -0.4 is 5.32 Å². The van der Waals surface area contributed by atoms with Gasteiger partial charge in [-0.1, -0.05) is 55.5 Å². The molecule has 2 amide bonds. The maximum atomic E-state index is 12.5. The van der Waals surface area contributed by atoms with Crippen LogP contribution in [-0.4, -0.2) is 48.0 Å². The van der Waals surface area contributed by atoms with Crippen LogP contribution in [0.2, 0.25) is 0 Å². The summed E-state index contributed by atoms with van der Waals surface area (Å²) in [6.07, 6.45) is 0.728. The predicted molar refractivity (Wildman–Crippen MR) is 99.6 cm³/mol. The van der Waals surface area contributed by atoms with Gasteiger partial charge in [0.1, 0.15) is 0 Å². The lowest BCUT2D eigenvalue weighted by Gasteiger charge is -2.30. The number of urea groups is 1. The van der Waals surface area contributed by atoms with Crippen molar-refractivity contribution in [2.24, 2.45) is 5.41 Å². The zero-order chi connectivity index (χ0) is 18.3. The molecule has 0 atom stereocenters. The number of carbonyl (C=O) groups excluding carboxylic acids is 1. The summed E-state index contributed by atoms with van der Waals surface area (Å²) in [4.78, 5) is 14.0. The van der Waals surface area contributed by atoms with Gasteiger partial charge < -0.3 is 20.4 Å². The van der Waals surface area contributed by atoms with Crippen LogP contribution in [0.25, 0.3) is 0 Å². The van der Waals surface area contributed by atoms with Crippen molar-refractivity contribution >= 4 is 11.7 Å². The van der Waals surface area contributed by atoms with Crippen molar-refractivity contribution in [2.45, 2.75) is 13.3 Å². The minimum atomic E-state index is -0.727. The van der Waals surface area contributed by atoms with E-state index in [9.17, 15) is 15.0 Å². The molecule has 0 radical (unpaired) electrons. The Balaban J connectivity index is 2.08. The van der Waals surface area contributed by atoms with E-state index in [0.29, 0.717) is 0 Å². The van der Waals surface area contributed by atoms with Crippen molar-refractivity contribution in [1.29, 1.82) is 0 Å². The quantitative estimate of drug-likeness (QED) is 0.724. The maximum absolute atomic E-state index is 12.5. The molecule has 2 rings (SSSR count). The highest BCUT2D eigenvalue weighted by atomic mass is 16.3. The number of hydrogen-bond acceptors (Lipinski definition) is 3. The van der Waals surface area contributed by atoms with E-state index in [-0.39, 0.29) is 25.8 Å². The summed E-state index contributed by atoms with van der Waals surface area (Å²) < 4.78 is 0. The molecule has 0 aromatic heterocycles. The Bertz CT molecular complexity index is 684. The van der Waals surface area contributed by atoms with Crippen molar-refractivity contribution in [1.82, 2.24) is 4.90 Å². The summed E-state index contributed by atoms with van der Waals surface area (Å²) in [5, 5.41) is 21.7. The van der Waals surface area contributed by atoms with Crippen LogP contribution in [0.4, 0.5) is 10.5 Å².